The SMILES string of the molecule is Cc1cnc(COc2ccc3nc(C4CCCCC4C(=O)O)n(Cc4ccc(N5CCC(C(F)(F)F)CC5)cc4)c3c2)cn1. The summed E-state index contributed by atoms with van der Waals surface area (Å²) in [6, 6.07) is 13.6. The monoisotopic (exact) mass is 607 g/mol. The molecule has 2 aromatic carbocycles. The summed E-state index contributed by atoms with van der Waals surface area (Å²) in [6.45, 7) is 3.34. The number of aromatic nitrogens is 4. The molecule has 1 saturated heterocycles. The maximum Gasteiger partial charge on any atom is 0.391 e. The van der Waals surface area contributed by atoms with Crippen LogP contribution in [-0.2, 0) is 17.9 Å². The van der Waals surface area contributed by atoms with Crippen molar-refractivity contribution in [3.8, 4) is 5.75 Å². The molecule has 11 heteroatoms. The third kappa shape index (κ3) is 6.51. The van der Waals surface area contributed by atoms with E-state index in [0.29, 0.717) is 37.5 Å². The van der Waals surface area contributed by atoms with Crippen LogP contribution < -0.4 is 9.64 Å². The molecule has 0 bridgehead atoms. The van der Waals surface area contributed by atoms with Crippen molar-refractivity contribution in [2.24, 2.45) is 11.8 Å². The first kappa shape index (κ1) is 29.9. The minimum absolute atomic E-state index is 0.0999. The lowest BCUT2D eigenvalue weighted by atomic mass is 9.78. The van der Waals surface area contributed by atoms with Gasteiger partial charge in [0.25, 0.3) is 0 Å². The topological polar surface area (TPSA) is 93.4 Å². The number of anilines is 1. The van der Waals surface area contributed by atoms with E-state index >= 15 is 0 Å². The molecule has 2 unspecified atom stereocenters. The van der Waals surface area contributed by atoms with Gasteiger partial charge in [-0.15, -0.1) is 0 Å². The summed E-state index contributed by atoms with van der Waals surface area (Å²) in [7, 11) is 0. The third-order valence-corrected chi connectivity index (χ3v) is 8.99. The molecular formula is C33H36F3N5O3. The first-order valence-corrected chi connectivity index (χ1v) is 15.2. The Bertz CT molecular complexity index is 1600. The fourth-order valence-corrected chi connectivity index (χ4v) is 6.51. The summed E-state index contributed by atoms with van der Waals surface area (Å²) >= 11 is 0. The van der Waals surface area contributed by atoms with Crippen LogP contribution in [-0.4, -0.2) is 49.9 Å². The van der Waals surface area contributed by atoms with Gasteiger partial charge >= 0.3 is 12.1 Å². The molecule has 6 rings (SSSR count). The third-order valence-electron chi connectivity index (χ3n) is 8.99. The predicted molar refractivity (Wildman–Crippen MR) is 160 cm³/mol. The quantitative estimate of drug-likeness (QED) is 0.233. The molecule has 0 amide bonds. The zero-order valence-corrected chi connectivity index (χ0v) is 24.6. The zero-order valence-electron chi connectivity index (χ0n) is 24.6. The Hall–Kier alpha value is -4.15. The molecular weight excluding hydrogens is 571 g/mol. The maximum atomic E-state index is 13.1. The average Bonchev–Trinajstić information content (AvgIpc) is 3.38. The van der Waals surface area contributed by atoms with E-state index < -0.39 is 24.0 Å². The van der Waals surface area contributed by atoms with Gasteiger partial charge in [-0.05, 0) is 62.4 Å². The molecule has 232 valence electrons. The van der Waals surface area contributed by atoms with E-state index in [4.69, 9.17) is 9.72 Å². The summed E-state index contributed by atoms with van der Waals surface area (Å²) < 4.78 is 47.6. The lowest BCUT2D eigenvalue weighted by Gasteiger charge is -2.34. The second-order valence-corrected chi connectivity index (χ2v) is 11.9. The van der Waals surface area contributed by atoms with Crippen LogP contribution >= 0.6 is 0 Å². The molecule has 1 aliphatic heterocycles. The van der Waals surface area contributed by atoms with Crippen LogP contribution in [0.2, 0.25) is 0 Å². The lowest BCUT2D eigenvalue weighted by molar-refractivity contribution is -0.179. The van der Waals surface area contributed by atoms with Crippen LogP contribution in [0.15, 0.2) is 54.9 Å². The summed E-state index contributed by atoms with van der Waals surface area (Å²) in [6.07, 6.45) is 2.65. The number of fused-ring (bicyclic) bond motifs is 1. The molecule has 3 heterocycles. The Morgan fingerprint density at radius 1 is 1.00 bits per heavy atom. The zero-order chi connectivity index (χ0) is 30.8. The lowest BCUT2D eigenvalue weighted by Crippen LogP contribution is -2.38. The van der Waals surface area contributed by atoms with Gasteiger partial charge in [-0.2, -0.15) is 13.2 Å². The highest BCUT2D eigenvalue weighted by Gasteiger charge is 2.41. The van der Waals surface area contributed by atoms with E-state index in [0.717, 1.165) is 53.1 Å². The minimum Gasteiger partial charge on any atom is -0.487 e. The Kier molecular flexibility index (Phi) is 8.46. The number of hydrogen-bond donors (Lipinski definition) is 1. The van der Waals surface area contributed by atoms with Gasteiger partial charge in [0, 0.05) is 43.5 Å². The van der Waals surface area contributed by atoms with E-state index in [2.05, 4.69) is 14.5 Å². The molecule has 4 aromatic rings. The van der Waals surface area contributed by atoms with E-state index in [9.17, 15) is 23.1 Å². The number of rotatable bonds is 8. The van der Waals surface area contributed by atoms with Gasteiger partial charge in [-0.25, -0.2) is 4.98 Å². The summed E-state index contributed by atoms with van der Waals surface area (Å²) in [5.41, 5.74) is 5.04. The second kappa shape index (κ2) is 12.5. The normalized spacial score (nSPS) is 19.8. The van der Waals surface area contributed by atoms with Crippen molar-refractivity contribution in [1.82, 2.24) is 19.5 Å². The smallest absolute Gasteiger partial charge is 0.391 e. The van der Waals surface area contributed by atoms with Gasteiger partial charge in [0.15, 0.2) is 0 Å². The van der Waals surface area contributed by atoms with Gasteiger partial charge < -0.3 is 19.3 Å². The van der Waals surface area contributed by atoms with Gasteiger partial charge in [0.2, 0.25) is 0 Å². The second-order valence-electron chi connectivity index (χ2n) is 11.9. The van der Waals surface area contributed by atoms with Crippen molar-refractivity contribution in [1.29, 1.82) is 0 Å². The minimum atomic E-state index is -4.14. The molecule has 1 saturated carbocycles. The van der Waals surface area contributed by atoms with Gasteiger partial charge in [-0.1, -0.05) is 25.0 Å². The number of halogens is 3. The van der Waals surface area contributed by atoms with Crippen molar-refractivity contribution < 1.29 is 27.8 Å². The van der Waals surface area contributed by atoms with E-state index in [1.807, 2.05) is 54.3 Å². The number of benzene rings is 2. The number of piperidine rings is 1. The average molecular weight is 608 g/mol. The largest absolute Gasteiger partial charge is 0.487 e. The van der Waals surface area contributed by atoms with Gasteiger partial charge in [0.1, 0.15) is 18.2 Å². The van der Waals surface area contributed by atoms with E-state index in [1.54, 1.807) is 12.4 Å². The molecule has 2 fully saturated rings. The number of aliphatic carboxylic acids is 1. The fourth-order valence-electron chi connectivity index (χ4n) is 6.51. The van der Waals surface area contributed by atoms with Gasteiger partial charge in [-0.3, -0.25) is 14.8 Å². The van der Waals surface area contributed by atoms with Crippen LogP contribution in [0.25, 0.3) is 11.0 Å². The maximum absolute atomic E-state index is 13.1. The summed E-state index contributed by atoms with van der Waals surface area (Å²) in [5, 5.41) is 10.0. The van der Waals surface area contributed by atoms with Crippen LogP contribution in [0.4, 0.5) is 18.9 Å². The molecule has 1 aliphatic carbocycles. The molecule has 0 radical (unpaired) electrons. The van der Waals surface area contributed by atoms with Gasteiger partial charge in [0.05, 0.1) is 40.5 Å². The molecule has 8 nitrogen and oxygen atoms in total. The van der Waals surface area contributed by atoms with Crippen molar-refractivity contribution in [3.63, 3.8) is 0 Å². The fraction of sp³-hybridized carbons (Fsp3) is 0.455. The van der Waals surface area contributed by atoms with Crippen molar-refractivity contribution in [2.75, 3.05) is 18.0 Å². The Labute approximate surface area is 253 Å². The van der Waals surface area contributed by atoms with Crippen LogP contribution in [0, 0.1) is 18.8 Å². The molecule has 2 atom stereocenters. The number of ether oxygens (including phenoxy) is 1. The Morgan fingerprint density at radius 2 is 1.75 bits per heavy atom. The number of carboxylic acid groups (broad SMARTS) is 1. The molecule has 44 heavy (non-hydrogen) atoms. The Balaban J connectivity index is 1.27. The molecule has 2 aromatic heterocycles. The number of hydrogen-bond acceptors (Lipinski definition) is 6. The number of aryl methyl sites for hydroxylation is 1. The molecule has 2 aliphatic rings. The number of carbonyl (C=O) groups is 1. The highest BCUT2D eigenvalue weighted by atomic mass is 19.4. The number of alkyl halides is 3. The number of nitrogens with zero attached hydrogens (tertiary/aromatic N) is 5. The predicted octanol–water partition coefficient (Wildman–Crippen LogP) is 6.90. The highest BCUT2D eigenvalue weighted by molar-refractivity contribution is 5.79. The van der Waals surface area contributed by atoms with Crippen LogP contribution in [0.5, 0.6) is 5.75 Å². The number of carboxylic acids is 1. The summed E-state index contributed by atoms with van der Waals surface area (Å²) in [5.74, 6) is -1.35. The van der Waals surface area contributed by atoms with E-state index in [-0.39, 0.29) is 25.4 Å². The van der Waals surface area contributed by atoms with E-state index in [1.165, 1.54) is 0 Å². The molecule has 1 N–H and O–H groups in total. The highest BCUT2D eigenvalue weighted by Crippen LogP contribution is 2.40. The standard InChI is InChI=1S/C33H36F3N5O3/c1-21-17-38-24(18-37-21)20-44-26-10-11-29-30(16-26)41(31(39-29)27-4-2-3-5-28(27)32(42)43)19-22-6-8-25(9-7-22)40-14-12-23(13-15-40)33(34,35)36/h6-11,16-18,23,27-28H,2-5,12-15,19-20H2,1H3,(H,42,43). The molecule has 0 spiro atoms. The van der Waals surface area contributed by atoms with Crippen molar-refractivity contribution in [3.05, 3.63) is 77.6 Å². The van der Waals surface area contributed by atoms with Crippen LogP contribution in [0.1, 0.15) is 67.2 Å². The summed E-state index contributed by atoms with van der Waals surface area (Å²) in [4.78, 5) is 27.9. The van der Waals surface area contributed by atoms with Crippen molar-refractivity contribution >= 4 is 22.7 Å². The van der Waals surface area contributed by atoms with Crippen LogP contribution in [0.3, 0.4) is 0 Å². The first-order valence-electron chi connectivity index (χ1n) is 15.2. The Morgan fingerprint density at radius 3 is 2.43 bits per heavy atom. The van der Waals surface area contributed by atoms with Crippen molar-refractivity contribution in [2.45, 2.75) is 70.7 Å². The number of imidazole rings is 1. The first-order chi connectivity index (χ1) is 21.2.